The Morgan fingerprint density at radius 2 is 1.90 bits per heavy atom. The maximum atomic E-state index is 12.0. The lowest BCUT2D eigenvalue weighted by Crippen LogP contribution is -2.01. The molecule has 0 fully saturated rings. The van der Waals surface area contributed by atoms with Crippen LogP contribution >= 0.6 is 0 Å². The van der Waals surface area contributed by atoms with Crippen LogP contribution in [-0.4, -0.2) is 17.7 Å². The molecule has 21 heavy (non-hydrogen) atoms. The molecule has 0 radical (unpaired) electrons. The summed E-state index contributed by atoms with van der Waals surface area (Å²) in [6.07, 6.45) is 1.48. The summed E-state index contributed by atoms with van der Waals surface area (Å²) in [6, 6.07) is 11.8. The van der Waals surface area contributed by atoms with Crippen molar-refractivity contribution in [3.05, 3.63) is 64.2 Å². The van der Waals surface area contributed by atoms with E-state index < -0.39 is 11.5 Å². The molecule has 0 unspecified atom stereocenters. The summed E-state index contributed by atoms with van der Waals surface area (Å²) in [4.78, 5) is 14.2. The van der Waals surface area contributed by atoms with Gasteiger partial charge in [-0.05, 0) is 35.9 Å². The van der Waals surface area contributed by atoms with Crippen molar-refractivity contribution in [1.29, 1.82) is 0 Å². The van der Waals surface area contributed by atoms with Crippen LogP contribution in [0.5, 0.6) is 5.75 Å². The third-order valence-electron chi connectivity index (χ3n) is 2.51. The van der Waals surface area contributed by atoms with E-state index in [4.69, 9.17) is 0 Å². The molecule has 0 aliphatic heterocycles. The first-order valence-corrected chi connectivity index (χ1v) is 5.88. The molecule has 0 spiro atoms. The Hall–Kier alpha value is -2.83. The number of ether oxygens (including phenoxy) is 1. The smallest absolute Gasteiger partial charge is 0.387 e. The van der Waals surface area contributed by atoms with Gasteiger partial charge in [-0.15, -0.1) is 0 Å². The van der Waals surface area contributed by atoms with E-state index in [1.165, 1.54) is 36.5 Å². The Morgan fingerprint density at radius 1 is 1.19 bits per heavy atom. The minimum absolute atomic E-state index is 0.0506. The molecule has 5 nitrogen and oxygen atoms in total. The van der Waals surface area contributed by atoms with Gasteiger partial charge >= 0.3 is 6.61 Å². The SMILES string of the molecule is O=[N+]([O-])c1cccc(N=Cc2ccc(OC(F)F)cc2)c1. The molecule has 0 amide bonds. The summed E-state index contributed by atoms with van der Waals surface area (Å²) < 4.78 is 28.2. The topological polar surface area (TPSA) is 64.7 Å². The number of nitro benzene ring substituents is 1. The molecule has 7 heteroatoms. The number of alkyl halides is 2. The van der Waals surface area contributed by atoms with Crippen LogP contribution in [0.3, 0.4) is 0 Å². The number of rotatable bonds is 5. The van der Waals surface area contributed by atoms with Gasteiger partial charge in [0.25, 0.3) is 5.69 Å². The highest BCUT2D eigenvalue weighted by molar-refractivity contribution is 5.82. The molecule has 0 aliphatic rings. The van der Waals surface area contributed by atoms with Gasteiger partial charge in [-0.2, -0.15) is 8.78 Å². The van der Waals surface area contributed by atoms with Gasteiger partial charge in [0.1, 0.15) is 5.75 Å². The molecule has 0 saturated carbocycles. The molecule has 0 aliphatic carbocycles. The predicted octanol–water partition coefficient (Wildman–Crippen LogP) is 3.95. The van der Waals surface area contributed by atoms with Gasteiger partial charge in [0, 0.05) is 18.3 Å². The molecule has 2 aromatic carbocycles. The fourth-order valence-corrected chi connectivity index (χ4v) is 1.57. The van der Waals surface area contributed by atoms with Crippen molar-refractivity contribution in [3.63, 3.8) is 0 Å². The Bertz CT molecular complexity index is 658. The second-order valence-corrected chi connectivity index (χ2v) is 3.98. The van der Waals surface area contributed by atoms with E-state index in [1.54, 1.807) is 18.2 Å². The molecule has 2 rings (SSSR count). The molecule has 0 saturated heterocycles. The number of halogens is 2. The van der Waals surface area contributed by atoms with Crippen molar-refractivity contribution in [2.24, 2.45) is 4.99 Å². The number of aliphatic imine (C=N–C) groups is 1. The largest absolute Gasteiger partial charge is 0.435 e. The third kappa shape index (κ3) is 4.34. The highest BCUT2D eigenvalue weighted by Crippen LogP contribution is 2.20. The lowest BCUT2D eigenvalue weighted by Gasteiger charge is -2.03. The summed E-state index contributed by atoms with van der Waals surface area (Å²) >= 11 is 0. The van der Waals surface area contributed by atoms with Crippen molar-refractivity contribution in [2.75, 3.05) is 0 Å². The van der Waals surface area contributed by atoms with Crippen LogP contribution in [0.25, 0.3) is 0 Å². The molecule has 0 heterocycles. The summed E-state index contributed by atoms with van der Waals surface area (Å²) in [7, 11) is 0. The van der Waals surface area contributed by atoms with Crippen LogP contribution in [-0.2, 0) is 0 Å². The Kier molecular flexibility index (Phi) is 4.55. The quantitative estimate of drug-likeness (QED) is 0.476. The van der Waals surface area contributed by atoms with Gasteiger partial charge in [0.05, 0.1) is 10.6 Å². The van der Waals surface area contributed by atoms with E-state index in [9.17, 15) is 18.9 Å². The van der Waals surface area contributed by atoms with Crippen LogP contribution in [0.2, 0.25) is 0 Å². The minimum atomic E-state index is -2.87. The lowest BCUT2D eigenvalue weighted by molar-refractivity contribution is -0.384. The monoisotopic (exact) mass is 292 g/mol. The standard InChI is InChI=1S/C14H10F2N2O3/c15-14(16)21-13-6-4-10(5-7-13)9-17-11-2-1-3-12(8-11)18(19)20/h1-9,14H. The van der Waals surface area contributed by atoms with Crippen LogP contribution < -0.4 is 4.74 Å². The Balaban J connectivity index is 2.10. The van der Waals surface area contributed by atoms with Gasteiger partial charge in [-0.3, -0.25) is 15.1 Å². The van der Waals surface area contributed by atoms with Gasteiger partial charge in [-0.1, -0.05) is 6.07 Å². The van der Waals surface area contributed by atoms with Gasteiger partial charge in [0.15, 0.2) is 0 Å². The maximum absolute atomic E-state index is 12.0. The van der Waals surface area contributed by atoms with Crippen molar-refractivity contribution >= 4 is 17.6 Å². The second-order valence-electron chi connectivity index (χ2n) is 3.98. The van der Waals surface area contributed by atoms with E-state index >= 15 is 0 Å². The van der Waals surface area contributed by atoms with E-state index in [-0.39, 0.29) is 11.4 Å². The lowest BCUT2D eigenvalue weighted by atomic mass is 10.2. The highest BCUT2D eigenvalue weighted by Gasteiger charge is 2.05. The number of benzene rings is 2. The molecule has 0 aromatic heterocycles. The van der Waals surface area contributed by atoms with Crippen LogP contribution in [0.1, 0.15) is 5.56 Å². The highest BCUT2D eigenvalue weighted by atomic mass is 19.3. The van der Waals surface area contributed by atoms with E-state index in [1.807, 2.05) is 0 Å². The summed E-state index contributed by atoms with van der Waals surface area (Å²) in [5, 5.41) is 10.6. The van der Waals surface area contributed by atoms with Crippen molar-refractivity contribution in [2.45, 2.75) is 6.61 Å². The van der Waals surface area contributed by atoms with Gasteiger partial charge in [-0.25, -0.2) is 0 Å². The van der Waals surface area contributed by atoms with Crippen molar-refractivity contribution in [3.8, 4) is 5.75 Å². The summed E-state index contributed by atoms with van der Waals surface area (Å²) in [6.45, 7) is -2.87. The normalized spacial score (nSPS) is 11.0. The number of hydrogen-bond acceptors (Lipinski definition) is 4. The fourth-order valence-electron chi connectivity index (χ4n) is 1.57. The summed E-state index contributed by atoms with van der Waals surface area (Å²) in [5.41, 5.74) is 1.03. The molecular formula is C14H10F2N2O3. The minimum Gasteiger partial charge on any atom is -0.435 e. The predicted molar refractivity (Wildman–Crippen MR) is 73.4 cm³/mol. The van der Waals surface area contributed by atoms with Crippen LogP contribution in [0, 0.1) is 10.1 Å². The molecule has 0 N–H and O–H groups in total. The van der Waals surface area contributed by atoms with E-state index in [2.05, 4.69) is 9.73 Å². The number of non-ortho nitro benzene ring substituents is 1. The first kappa shape index (κ1) is 14.6. The third-order valence-corrected chi connectivity index (χ3v) is 2.51. The van der Waals surface area contributed by atoms with Gasteiger partial charge < -0.3 is 4.74 Å². The zero-order valence-corrected chi connectivity index (χ0v) is 10.6. The van der Waals surface area contributed by atoms with E-state index in [0.717, 1.165) is 0 Å². The average molecular weight is 292 g/mol. The molecule has 2 aromatic rings. The van der Waals surface area contributed by atoms with Gasteiger partial charge in [0.2, 0.25) is 0 Å². The number of hydrogen-bond donors (Lipinski definition) is 0. The maximum Gasteiger partial charge on any atom is 0.387 e. The molecule has 108 valence electrons. The average Bonchev–Trinajstić information content (AvgIpc) is 2.46. The molecular weight excluding hydrogens is 282 g/mol. The second kappa shape index (κ2) is 6.56. The molecule has 0 bridgehead atoms. The van der Waals surface area contributed by atoms with Crippen molar-refractivity contribution < 1.29 is 18.4 Å². The molecule has 0 atom stereocenters. The van der Waals surface area contributed by atoms with Crippen LogP contribution in [0.15, 0.2) is 53.5 Å². The zero-order chi connectivity index (χ0) is 15.2. The Labute approximate surface area is 118 Å². The van der Waals surface area contributed by atoms with E-state index in [0.29, 0.717) is 11.3 Å². The number of nitro groups is 1. The first-order chi connectivity index (χ1) is 10.0. The zero-order valence-electron chi connectivity index (χ0n) is 10.6. The van der Waals surface area contributed by atoms with Crippen molar-refractivity contribution in [1.82, 2.24) is 0 Å². The first-order valence-electron chi connectivity index (χ1n) is 5.88. The Morgan fingerprint density at radius 3 is 2.52 bits per heavy atom. The summed E-state index contributed by atoms with van der Waals surface area (Å²) in [5.74, 6) is 0.0532. The fraction of sp³-hybridized carbons (Fsp3) is 0.0714. The number of nitrogens with zero attached hydrogens (tertiary/aromatic N) is 2. The van der Waals surface area contributed by atoms with Crippen LogP contribution in [0.4, 0.5) is 20.2 Å².